The number of ether oxygens (including phenoxy) is 1. The average Bonchev–Trinajstić information content (AvgIpc) is 2.92. The zero-order valence-corrected chi connectivity index (χ0v) is 12.2. The fourth-order valence-electron chi connectivity index (χ4n) is 3.12. The number of nitrogens with zero attached hydrogens (tertiary/aromatic N) is 1. The van der Waals surface area contributed by atoms with Crippen LogP contribution in [0.3, 0.4) is 0 Å². The van der Waals surface area contributed by atoms with E-state index in [2.05, 4.69) is 6.07 Å². The molecule has 0 radical (unpaired) electrons. The van der Waals surface area contributed by atoms with E-state index in [9.17, 15) is 4.39 Å². The maximum Gasteiger partial charge on any atom is 0.123 e. The number of nitrogens with two attached hydrogens (primary N) is 1. The molecule has 0 unspecified atom stereocenters. The predicted octanol–water partition coefficient (Wildman–Crippen LogP) is 3.21. The number of rotatable bonds is 4. The highest BCUT2D eigenvalue weighted by Crippen LogP contribution is 2.45. The Hall–Kier alpha value is -2.22. The molecule has 0 aliphatic carbocycles. The molecule has 1 aliphatic rings. The lowest BCUT2D eigenvalue weighted by Crippen LogP contribution is -2.28. The second kappa shape index (κ2) is 5.88. The predicted molar refractivity (Wildman–Crippen MR) is 81.4 cm³/mol. The lowest BCUT2D eigenvalue weighted by molar-refractivity contribution is -0.0126. The molecule has 0 saturated heterocycles. The Labute approximate surface area is 129 Å². The van der Waals surface area contributed by atoms with E-state index < -0.39 is 5.60 Å². The highest BCUT2D eigenvalue weighted by atomic mass is 19.1. The van der Waals surface area contributed by atoms with Crippen LogP contribution in [0.5, 0.6) is 0 Å². The molecule has 0 saturated carbocycles. The molecule has 0 amide bonds. The molecule has 1 atom stereocenters. The number of nitriles is 1. The van der Waals surface area contributed by atoms with E-state index in [-0.39, 0.29) is 5.82 Å². The second-order valence-corrected chi connectivity index (χ2v) is 5.50. The summed E-state index contributed by atoms with van der Waals surface area (Å²) < 4.78 is 19.4. The minimum absolute atomic E-state index is 0.268. The van der Waals surface area contributed by atoms with E-state index in [1.807, 2.05) is 12.1 Å². The van der Waals surface area contributed by atoms with Crippen molar-refractivity contribution in [1.29, 1.82) is 5.26 Å². The number of benzene rings is 2. The molecule has 2 aromatic carbocycles. The van der Waals surface area contributed by atoms with Crippen molar-refractivity contribution in [2.45, 2.75) is 25.0 Å². The van der Waals surface area contributed by atoms with Crippen LogP contribution in [0.4, 0.5) is 4.39 Å². The minimum atomic E-state index is -0.601. The van der Waals surface area contributed by atoms with Crippen molar-refractivity contribution in [3.63, 3.8) is 0 Å². The van der Waals surface area contributed by atoms with Crippen molar-refractivity contribution in [2.75, 3.05) is 6.54 Å². The van der Waals surface area contributed by atoms with E-state index in [1.54, 1.807) is 18.2 Å². The van der Waals surface area contributed by atoms with Gasteiger partial charge in [-0.05, 0) is 60.3 Å². The summed E-state index contributed by atoms with van der Waals surface area (Å²) in [4.78, 5) is 0. The van der Waals surface area contributed by atoms with Gasteiger partial charge < -0.3 is 10.5 Å². The third kappa shape index (κ3) is 2.39. The van der Waals surface area contributed by atoms with Gasteiger partial charge in [-0.15, -0.1) is 0 Å². The summed E-state index contributed by atoms with van der Waals surface area (Å²) in [6.45, 7) is 1.02. The molecule has 0 aromatic heterocycles. The van der Waals surface area contributed by atoms with E-state index in [1.165, 1.54) is 12.1 Å². The van der Waals surface area contributed by atoms with Crippen molar-refractivity contribution < 1.29 is 9.13 Å². The molecule has 2 aromatic rings. The molecule has 2 N–H and O–H groups in total. The standard InChI is InChI=1S/C18H17FN2O/c19-16-5-3-15(4-6-16)18(8-1-9-20)17-7-2-13(11-21)10-14(17)12-22-18/h2-7,10H,1,8-9,12,20H2/t18-/m0/s1. The summed E-state index contributed by atoms with van der Waals surface area (Å²) in [7, 11) is 0. The van der Waals surface area contributed by atoms with Gasteiger partial charge in [0, 0.05) is 0 Å². The summed E-state index contributed by atoms with van der Waals surface area (Å²) in [5, 5.41) is 9.04. The number of hydrogen-bond donors (Lipinski definition) is 1. The highest BCUT2D eigenvalue weighted by Gasteiger charge is 2.41. The molecule has 1 heterocycles. The third-order valence-electron chi connectivity index (χ3n) is 4.19. The molecule has 0 bridgehead atoms. The van der Waals surface area contributed by atoms with Gasteiger partial charge in [0.05, 0.1) is 18.2 Å². The fraction of sp³-hybridized carbons (Fsp3) is 0.278. The molecule has 0 spiro atoms. The van der Waals surface area contributed by atoms with Gasteiger partial charge in [0.15, 0.2) is 0 Å². The van der Waals surface area contributed by atoms with Gasteiger partial charge in [-0.25, -0.2) is 4.39 Å². The summed E-state index contributed by atoms with van der Waals surface area (Å²) in [5.41, 5.74) is 8.68. The van der Waals surface area contributed by atoms with E-state index in [0.717, 1.165) is 29.5 Å². The van der Waals surface area contributed by atoms with Crippen LogP contribution in [0, 0.1) is 17.1 Å². The van der Waals surface area contributed by atoms with Crippen LogP contribution in [-0.4, -0.2) is 6.54 Å². The lowest BCUT2D eigenvalue weighted by atomic mass is 9.81. The van der Waals surface area contributed by atoms with Crippen molar-refractivity contribution in [1.82, 2.24) is 0 Å². The molecular weight excluding hydrogens is 279 g/mol. The van der Waals surface area contributed by atoms with Gasteiger partial charge in [0.1, 0.15) is 11.4 Å². The Balaban J connectivity index is 2.10. The second-order valence-electron chi connectivity index (χ2n) is 5.50. The van der Waals surface area contributed by atoms with Crippen LogP contribution < -0.4 is 5.73 Å². The number of hydrogen-bond acceptors (Lipinski definition) is 3. The number of halogens is 1. The van der Waals surface area contributed by atoms with Crippen LogP contribution >= 0.6 is 0 Å². The molecule has 1 aliphatic heterocycles. The van der Waals surface area contributed by atoms with E-state index >= 15 is 0 Å². The van der Waals surface area contributed by atoms with E-state index in [0.29, 0.717) is 18.7 Å². The Morgan fingerprint density at radius 1 is 1.23 bits per heavy atom. The summed E-state index contributed by atoms with van der Waals surface area (Å²) in [5.74, 6) is -0.268. The van der Waals surface area contributed by atoms with Gasteiger partial charge in [0.2, 0.25) is 0 Å². The maximum atomic E-state index is 13.2. The molecule has 4 heteroatoms. The summed E-state index contributed by atoms with van der Waals surface area (Å²) >= 11 is 0. The first kappa shape index (κ1) is 14.7. The first-order valence-electron chi connectivity index (χ1n) is 7.33. The van der Waals surface area contributed by atoms with E-state index in [4.69, 9.17) is 15.7 Å². The largest absolute Gasteiger partial charge is 0.361 e. The average molecular weight is 296 g/mol. The van der Waals surface area contributed by atoms with Crippen LogP contribution in [0.2, 0.25) is 0 Å². The molecule has 22 heavy (non-hydrogen) atoms. The molecule has 3 rings (SSSR count). The van der Waals surface area contributed by atoms with Crippen molar-refractivity contribution >= 4 is 0 Å². The van der Waals surface area contributed by atoms with Gasteiger partial charge in [-0.2, -0.15) is 5.26 Å². The number of fused-ring (bicyclic) bond motifs is 1. The highest BCUT2D eigenvalue weighted by molar-refractivity contribution is 5.47. The Bertz CT molecular complexity index is 721. The first-order chi connectivity index (χ1) is 10.7. The molecule has 112 valence electrons. The smallest absolute Gasteiger partial charge is 0.123 e. The first-order valence-corrected chi connectivity index (χ1v) is 7.33. The van der Waals surface area contributed by atoms with Crippen LogP contribution in [0.15, 0.2) is 42.5 Å². The summed E-state index contributed by atoms with van der Waals surface area (Å²) in [6, 6.07) is 14.2. The van der Waals surface area contributed by atoms with Gasteiger partial charge in [-0.1, -0.05) is 18.2 Å². The van der Waals surface area contributed by atoms with Crippen molar-refractivity contribution in [3.05, 3.63) is 70.5 Å². The third-order valence-corrected chi connectivity index (χ3v) is 4.19. The molecule has 0 fully saturated rings. The van der Waals surface area contributed by atoms with Gasteiger partial charge in [0.25, 0.3) is 0 Å². The zero-order chi connectivity index (χ0) is 15.6. The van der Waals surface area contributed by atoms with Gasteiger partial charge in [-0.3, -0.25) is 0 Å². The maximum absolute atomic E-state index is 13.2. The van der Waals surface area contributed by atoms with Crippen LogP contribution in [-0.2, 0) is 16.9 Å². The topological polar surface area (TPSA) is 59.0 Å². The normalized spacial score (nSPS) is 19.7. The lowest BCUT2D eigenvalue weighted by Gasteiger charge is -2.30. The SMILES string of the molecule is N#Cc1ccc2c(c1)CO[C@@]2(CCCN)c1ccc(F)cc1. The van der Waals surface area contributed by atoms with Crippen molar-refractivity contribution in [3.8, 4) is 6.07 Å². The van der Waals surface area contributed by atoms with Gasteiger partial charge >= 0.3 is 0 Å². The summed E-state index contributed by atoms with van der Waals surface area (Å²) in [6.07, 6.45) is 1.53. The zero-order valence-electron chi connectivity index (χ0n) is 12.2. The van der Waals surface area contributed by atoms with Crippen LogP contribution in [0.25, 0.3) is 0 Å². The minimum Gasteiger partial charge on any atom is -0.361 e. The Kier molecular flexibility index (Phi) is 3.93. The quantitative estimate of drug-likeness (QED) is 0.942. The molecular formula is C18H17FN2O. The fourth-order valence-corrected chi connectivity index (χ4v) is 3.12. The van der Waals surface area contributed by atoms with Crippen LogP contribution in [0.1, 0.15) is 35.1 Å². The van der Waals surface area contributed by atoms with Crippen molar-refractivity contribution in [2.24, 2.45) is 5.73 Å². The Morgan fingerprint density at radius 2 is 2.00 bits per heavy atom. The monoisotopic (exact) mass is 296 g/mol. The Morgan fingerprint density at radius 3 is 2.68 bits per heavy atom. The molecule has 3 nitrogen and oxygen atoms in total.